The molecule has 3 atom stereocenters. The van der Waals surface area contributed by atoms with Crippen LogP contribution >= 0.6 is 0 Å². The van der Waals surface area contributed by atoms with E-state index in [1.165, 1.54) is 0 Å². The van der Waals surface area contributed by atoms with Crippen molar-refractivity contribution in [3.63, 3.8) is 0 Å². The SMILES string of the molecule is Cc1cccc(C)c1NC(=O)CN1CCN(C(=O)[C@H](C(C)C)N2C[C@H](C)O[C@@H](C)C2)CC1. The largest absolute Gasteiger partial charge is 0.373 e. The Morgan fingerprint density at radius 3 is 2.12 bits per heavy atom. The highest BCUT2D eigenvalue weighted by atomic mass is 16.5. The Bertz CT molecular complexity index is 774. The molecule has 2 saturated heterocycles. The number of carbonyl (C=O) groups excluding carboxylic acids is 2. The van der Waals surface area contributed by atoms with Crippen molar-refractivity contribution >= 4 is 17.5 Å². The van der Waals surface area contributed by atoms with Crippen LogP contribution in [-0.2, 0) is 14.3 Å². The van der Waals surface area contributed by atoms with Crippen LogP contribution < -0.4 is 5.32 Å². The molecule has 1 N–H and O–H groups in total. The lowest BCUT2D eigenvalue weighted by molar-refractivity contribution is -0.147. The van der Waals surface area contributed by atoms with Gasteiger partial charge in [0.2, 0.25) is 11.8 Å². The topological polar surface area (TPSA) is 65.1 Å². The van der Waals surface area contributed by atoms with E-state index in [-0.39, 0.29) is 36.0 Å². The number of hydrogen-bond donors (Lipinski definition) is 1. The van der Waals surface area contributed by atoms with E-state index < -0.39 is 0 Å². The lowest BCUT2D eigenvalue weighted by Gasteiger charge is -2.44. The number of amides is 2. The molecule has 2 amide bonds. The number of aryl methyl sites for hydroxylation is 2. The summed E-state index contributed by atoms with van der Waals surface area (Å²) in [7, 11) is 0. The first-order valence-corrected chi connectivity index (χ1v) is 11.9. The minimum atomic E-state index is -0.123. The summed E-state index contributed by atoms with van der Waals surface area (Å²) in [5, 5.41) is 3.06. The molecule has 178 valence electrons. The van der Waals surface area contributed by atoms with Crippen molar-refractivity contribution in [3.05, 3.63) is 29.3 Å². The van der Waals surface area contributed by atoms with Crippen LogP contribution in [0.5, 0.6) is 0 Å². The van der Waals surface area contributed by atoms with Gasteiger partial charge in [-0.15, -0.1) is 0 Å². The fourth-order valence-corrected chi connectivity index (χ4v) is 5.01. The summed E-state index contributed by atoms with van der Waals surface area (Å²) >= 11 is 0. The zero-order valence-corrected chi connectivity index (χ0v) is 20.6. The minimum Gasteiger partial charge on any atom is -0.373 e. The van der Waals surface area contributed by atoms with Gasteiger partial charge in [0.15, 0.2) is 0 Å². The fourth-order valence-electron chi connectivity index (χ4n) is 5.01. The Hall–Kier alpha value is -1.96. The smallest absolute Gasteiger partial charge is 0.240 e. The standard InChI is InChI=1S/C25H40N4O3/c1-17(2)24(29-14-20(5)32-21(6)15-29)25(31)28-12-10-27(11-13-28)16-22(30)26-23-18(3)8-7-9-19(23)4/h7-9,17,20-21,24H,10-16H2,1-6H3,(H,26,30)/t20-,21-,24-/m0/s1. The van der Waals surface area contributed by atoms with Crippen LogP contribution in [-0.4, -0.2) is 90.6 Å². The molecule has 0 aliphatic carbocycles. The van der Waals surface area contributed by atoms with Crippen molar-refractivity contribution in [1.82, 2.24) is 14.7 Å². The Kier molecular flexibility index (Phi) is 8.31. The number of ether oxygens (including phenoxy) is 1. The molecule has 0 unspecified atom stereocenters. The highest BCUT2D eigenvalue weighted by Gasteiger charge is 2.37. The van der Waals surface area contributed by atoms with Crippen LogP contribution in [0.4, 0.5) is 5.69 Å². The third kappa shape index (κ3) is 6.09. The van der Waals surface area contributed by atoms with E-state index in [2.05, 4.69) is 42.8 Å². The summed E-state index contributed by atoms with van der Waals surface area (Å²) in [5.41, 5.74) is 3.04. The number of para-hydroxylation sites is 1. The minimum absolute atomic E-state index is 0.00137. The van der Waals surface area contributed by atoms with E-state index in [9.17, 15) is 9.59 Å². The quantitative estimate of drug-likeness (QED) is 0.731. The summed E-state index contributed by atoms with van der Waals surface area (Å²) in [5.74, 6) is 0.445. The number of morpholine rings is 1. The monoisotopic (exact) mass is 444 g/mol. The van der Waals surface area contributed by atoms with Crippen molar-refractivity contribution < 1.29 is 14.3 Å². The lowest BCUT2D eigenvalue weighted by Crippen LogP contribution is -2.60. The van der Waals surface area contributed by atoms with E-state index in [0.29, 0.717) is 32.7 Å². The van der Waals surface area contributed by atoms with Crippen LogP contribution in [0.15, 0.2) is 18.2 Å². The Morgan fingerprint density at radius 2 is 1.59 bits per heavy atom. The van der Waals surface area contributed by atoms with Gasteiger partial charge in [-0.25, -0.2) is 0 Å². The number of benzene rings is 1. The highest BCUT2D eigenvalue weighted by molar-refractivity contribution is 5.93. The molecule has 32 heavy (non-hydrogen) atoms. The molecule has 2 aliphatic heterocycles. The first kappa shape index (κ1) is 24.7. The summed E-state index contributed by atoms with van der Waals surface area (Å²) in [6.45, 7) is 17.1. The zero-order chi connectivity index (χ0) is 23.4. The molecule has 0 aromatic heterocycles. The Labute approximate surface area is 193 Å². The molecular weight excluding hydrogens is 404 g/mol. The van der Waals surface area contributed by atoms with Gasteiger partial charge in [0, 0.05) is 45.0 Å². The first-order chi connectivity index (χ1) is 15.2. The molecule has 2 heterocycles. The van der Waals surface area contributed by atoms with Crippen LogP contribution in [0.2, 0.25) is 0 Å². The third-order valence-electron chi connectivity index (χ3n) is 6.52. The molecule has 7 nitrogen and oxygen atoms in total. The highest BCUT2D eigenvalue weighted by Crippen LogP contribution is 2.22. The van der Waals surface area contributed by atoms with Gasteiger partial charge in [0.05, 0.1) is 24.8 Å². The van der Waals surface area contributed by atoms with Crippen LogP contribution in [0.25, 0.3) is 0 Å². The molecule has 7 heteroatoms. The molecule has 2 fully saturated rings. The van der Waals surface area contributed by atoms with E-state index in [0.717, 1.165) is 29.9 Å². The second kappa shape index (κ2) is 10.8. The van der Waals surface area contributed by atoms with Gasteiger partial charge in [-0.3, -0.25) is 19.4 Å². The number of rotatable bonds is 6. The maximum Gasteiger partial charge on any atom is 0.240 e. The number of piperazine rings is 1. The van der Waals surface area contributed by atoms with Gasteiger partial charge in [0.1, 0.15) is 0 Å². The molecule has 0 bridgehead atoms. The van der Waals surface area contributed by atoms with E-state index in [1.54, 1.807) is 0 Å². The van der Waals surface area contributed by atoms with Gasteiger partial charge < -0.3 is 15.0 Å². The number of carbonyl (C=O) groups is 2. The van der Waals surface area contributed by atoms with Crippen molar-refractivity contribution in [1.29, 1.82) is 0 Å². The number of hydrogen-bond acceptors (Lipinski definition) is 5. The number of nitrogens with zero attached hydrogens (tertiary/aromatic N) is 3. The average Bonchev–Trinajstić information content (AvgIpc) is 2.70. The van der Waals surface area contributed by atoms with E-state index in [4.69, 9.17) is 4.74 Å². The summed E-state index contributed by atoms with van der Waals surface area (Å²) in [4.78, 5) is 32.5. The molecule has 0 radical (unpaired) electrons. The van der Waals surface area contributed by atoms with Crippen molar-refractivity contribution in [3.8, 4) is 0 Å². The fraction of sp³-hybridized carbons (Fsp3) is 0.680. The van der Waals surface area contributed by atoms with E-state index >= 15 is 0 Å². The Morgan fingerprint density at radius 1 is 1.03 bits per heavy atom. The van der Waals surface area contributed by atoms with Crippen LogP contribution in [0, 0.1) is 19.8 Å². The summed E-state index contributed by atoms with van der Waals surface area (Å²) in [6, 6.07) is 5.89. The maximum atomic E-state index is 13.4. The van der Waals surface area contributed by atoms with Gasteiger partial charge in [-0.05, 0) is 44.7 Å². The van der Waals surface area contributed by atoms with Gasteiger partial charge in [-0.2, -0.15) is 0 Å². The Balaban J connectivity index is 1.53. The van der Waals surface area contributed by atoms with Gasteiger partial charge >= 0.3 is 0 Å². The van der Waals surface area contributed by atoms with Gasteiger partial charge in [-0.1, -0.05) is 32.0 Å². The predicted octanol–water partition coefficient (Wildman–Crippen LogP) is 2.52. The van der Waals surface area contributed by atoms with E-state index in [1.807, 2.05) is 36.9 Å². The summed E-state index contributed by atoms with van der Waals surface area (Å²) < 4.78 is 5.87. The van der Waals surface area contributed by atoms with Crippen molar-refractivity contribution in [2.24, 2.45) is 5.92 Å². The number of nitrogens with one attached hydrogen (secondary N) is 1. The van der Waals surface area contributed by atoms with Gasteiger partial charge in [0.25, 0.3) is 0 Å². The molecule has 1 aromatic carbocycles. The maximum absolute atomic E-state index is 13.4. The molecular formula is C25H40N4O3. The van der Waals surface area contributed by atoms with Crippen molar-refractivity contribution in [2.75, 3.05) is 51.1 Å². The molecule has 1 aromatic rings. The van der Waals surface area contributed by atoms with Crippen LogP contribution in [0.1, 0.15) is 38.8 Å². The second-order valence-corrected chi connectivity index (χ2v) is 9.82. The van der Waals surface area contributed by atoms with Crippen LogP contribution in [0.3, 0.4) is 0 Å². The third-order valence-corrected chi connectivity index (χ3v) is 6.52. The molecule has 0 spiro atoms. The normalized spacial score (nSPS) is 23.9. The molecule has 0 saturated carbocycles. The molecule has 2 aliphatic rings. The zero-order valence-electron chi connectivity index (χ0n) is 20.6. The molecule has 3 rings (SSSR count). The summed E-state index contributed by atoms with van der Waals surface area (Å²) in [6.07, 6.45) is 0.278. The second-order valence-electron chi connectivity index (χ2n) is 9.82. The average molecular weight is 445 g/mol. The first-order valence-electron chi connectivity index (χ1n) is 11.9. The van der Waals surface area contributed by atoms with Crippen molar-refractivity contribution in [2.45, 2.75) is 59.8 Å². The lowest BCUT2D eigenvalue weighted by atomic mass is 9.98. The predicted molar refractivity (Wildman–Crippen MR) is 128 cm³/mol. The number of anilines is 1.